The van der Waals surface area contributed by atoms with Crippen molar-refractivity contribution in [3.05, 3.63) is 53.5 Å². The number of benzene rings is 1. The second kappa shape index (κ2) is 7.95. The average molecular weight is 464 g/mol. The van der Waals surface area contributed by atoms with Gasteiger partial charge in [-0.3, -0.25) is 14.8 Å². The number of anilines is 2. The summed E-state index contributed by atoms with van der Waals surface area (Å²) in [6.45, 7) is 3.78. The van der Waals surface area contributed by atoms with Gasteiger partial charge in [0.15, 0.2) is 9.84 Å². The SMILES string of the molecule is CC1=Nc2c(Nc3ccc(-c4ccc(C)o4)cc3S(C)(=O)=O)cc(CC(=O)C3CC3)nc2C1. The number of ketones is 1. The van der Waals surface area contributed by atoms with Gasteiger partial charge >= 0.3 is 0 Å². The van der Waals surface area contributed by atoms with Crippen LogP contribution in [0, 0.1) is 12.8 Å². The van der Waals surface area contributed by atoms with Gasteiger partial charge < -0.3 is 9.73 Å². The molecule has 33 heavy (non-hydrogen) atoms. The maximum Gasteiger partial charge on any atom is 0.177 e. The minimum absolute atomic E-state index is 0.157. The summed E-state index contributed by atoms with van der Waals surface area (Å²) in [5.41, 5.74) is 4.89. The molecule has 1 aromatic carbocycles. The lowest BCUT2D eigenvalue weighted by Gasteiger charge is -2.15. The lowest BCUT2D eigenvalue weighted by Crippen LogP contribution is -2.09. The van der Waals surface area contributed by atoms with E-state index in [-0.39, 0.29) is 23.0 Å². The first kappa shape index (κ1) is 21.6. The monoisotopic (exact) mass is 463 g/mol. The van der Waals surface area contributed by atoms with E-state index in [1.807, 2.05) is 38.1 Å². The molecule has 5 rings (SSSR count). The summed E-state index contributed by atoms with van der Waals surface area (Å²) >= 11 is 0. The van der Waals surface area contributed by atoms with Crippen molar-refractivity contribution in [2.24, 2.45) is 10.9 Å². The Bertz CT molecular complexity index is 1420. The fourth-order valence-electron chi connectivity index (χ4n) is 4.10. The molecular formula is C25H25N3O4S. The van der Waals surface area contributed by atoms with Gasteiger partial charge in [0, 0.05) is 36.3 Å². The van der Waals surface area contributed by atoms with Gasteiger partial charge in [-0.25, -0.2) is 8.42 Å². The second-order valence-corrected chi connectivity index (χ2v) is 10.9. The van der Waals surface area contributed by atoms with E-state index in [9.17, 15) is 13.2 Å². The Morgan fingerprint density at radius 2 is 1.91 bits per heavy atom. The van der Waals surface area contributed by atoms with Crippen LogP contribution in [-0.4, -0.2) is 31.2 Å². The number of carbonyl (C=O) groups is 1. The van der Waals surface area contributed by atoms with Gasteiger partial charge in [0.25, 0.3) is 0 Å². The minimum atomic E-state index is -3.54. The molecule has 0 spiro atoms. The van der Waals surface area contributed by atoms with Crippen LogP contribution in [0.25, 0.3) is 11.3 Å². The lowest BCUT2D eigenvalue weighted by atomic mass is 10.1. The Labute approximate surface area is 192 Å². The third-order valence-electron chi connectivity index (χ3n) is 5.91. The minimum Gasteiger partial charge on any atom is -0.461 e. The van der Waals surface area contributed by atoms with Crippen molar-refractivity contribution < 1.29 is 17.6 Å². The van der Waals surface area contributed by atoms with Gasteiger partial charge in [-0.1, -0.05) is 0 Å². The van der Waals surface area contributed by atoms with Gasteiger partial charge in [-0.15, -0.1) is 0 Å². The Morgan fingerprint density at radius 1 is 1.12 bits per heavy atom. The van der Waals surface area contributed by atoms with E-state index in [2.05, 4.69) is 15.3 Å². The van der Waals surface area contributed by atoms with Crippen LogP contribution in [0.3, 0.4) is 0 Å². The zero-order chi connectivity index (χ0) is 23.3. The first-order valence-electron chi connectivity index (χ1n) is 10.9. The molecule has 170 valence electrons. The highest BCUT2D eigenvalue weighted by atomic mass is 32.2. The van der Waals surface area contributed by atoms with Crippen molar-refractivity contribution in [3.8, 4) is 11.3 Å². The third kappa shape index (κ3) is 4.48. The maximum absolute atomic E-state index is 12.7. The average Bonchev–Trinajstić information content (AvgIpc) is 3.40. The number of furan rings is 1. The molecule has 3 heterocycles. The molecule has 0 saturated heterocycles. The number of Topliss-reactive ketones (excluding diaryl/α,β-unsaturated/α-hetero) is 1. The van der Waals surface area contributed by atoms with Crippen molar-refractivity contribution >= 4 is 38.4 Å². The fourth-order valence-corrected chi connectivity index (χ4v) is 4.96. The standard InChI is InChI=1S/C25H25N3O4S/c1-14-10-20-25(26-14)21(12-18(27-20)13-22(29)16-5-6-16)28-19-8-7-17(11-24(19)33(3,30)31)23-9-4-15(2)32-23/h4,7-9,11-12,16H,5-6,10,13H2,1-3H3,(H,27,28). The van der Waals surface area contributed by atoms with Crippen molar-refractivity contribution in [3.63, 3.8) is 0 Å². The van der Waals surface area contributed by atoms with Crippen LogP contribution >= 0.6 is 0 Å². The van der Waals surface area contributed by atoms with Gasteiger partial charge in [0.05, 0.1) is 27.7 Å². The number of fused-ring (bicyclic) bond motifs is 1. The molecule has 1 aliphatic carbocycles. The highest BCUT2D eigenvalue weighted by Crippen LogP contribution is 2.39. The van der Waals surface area contributed by atoms with Crippen LogP contribution in [0.15, 0.2) is 50.7 Å². The Morgan fingerprint density at radius 3 is 2.58 bits per heavy atom. The van der Waals surface area contributed by atoms with E-state index < -0.39 is 9.84 Å². The van der Waals surface area contributed by atoms with Gasteiger partial charge in [0.1, 0.15) is 23.0 Å². The van der Waals surface area contributed by atoms with Crippen molar-refractivity contribution in [2.45, 2.75) is 44.4 Å². The van der Waals surface area contributed by atoms with Gasteiger partial charge in [-0.2, -0.15) is 0 Å². The number of pyridine rings is 1. The first-order valence-corrected chi connectivity index (χ1v) is 12.8. The number of aliphatic imine (C=N–C) groups is 1. The Kier molecular flexibility index (Phi) is 5.20. The quantitative estimate of drug-likeness (QED) is 0.531. The summed E-state index contributed by atoms with van der Waals surface area (Å²) in [5.74, 6) is 1.72. The summed E-state index contributed by atoms with van der Waals surface area (Å²) in [7, 11) is -3.54. The highest BCUT2D eigenvalue weighted by molar-refractivity contribution is 7.90. The molecule has 7 nitrogen and oxygen atoms in total. The van der Waals surface area contributed by atoms with Gasteiger partial charge in [0.2, 0.25) is 0 Å². The molecule has 3 aromatic rings. The fraction of sp³-hybridized carbons (Fsp3) is 0.320. The number of aryl methyl sites for hydroxylation is 1. The molecule has 0 amide bonds. The molecule has 8 heteroatoms. The molecule has 0 atom stereocenters. The number of rotatable bonds is 7. The molecule has 1 aliphatic heterocycles. The smallest absolute Gasteiger partial charge is 0.177 e. The molecule has 0 radical (unpaired) electrons. The summed E-state index contributed by atoms with van der Waals surface area (Å²) in [6.07, 6.45) is 3.99. The molecule has 0 bridgehead atoms. The summed E-state index contributed by atoms with van der Waals surface area (Å²) in [4.78, 5) is 21.8. The van der Waals surface area contributed by atoms with E-state index in [0.717, 1.165) is 30.0 Å². The number of carbonyl (C=O) groups excluding carboxylic acids is 1. The molecule has 1 N–H and O–H groups in total. The van der Waals surface area contributed by atoms with E-state index >= 15 is 0 Å². The van der Waals surface area contributed by atoms with Crippen molar-refractivity contribution in [2.75, 3.05) is 11.6 Å². The largest absolute Gasteiger partial charge is 0.461 e. The molecular weight excluding hydrogens is 438 g/mol. The highest BCUT2D eigenvalue weighted by Gasteiger charge is 2.30. The molecule has 1 saturated carbocycles. The molecule has 0 unspecified atom stereocenters. The third-order valence-corrected chi connectivity index (χ3v) is 7.04. The van der Waals surface area contributed by atoms with Crippen molar-refractivity contribution in [1.29, 1.82) is 0 Å². The number of hydrogen-bond acceptors (Lipinski definition) is 7. The predicted octanol–water partition coefficient (Wildman–Crippen LogP) is 4.97. The zero-order valence-electron chi connectivity index (χ0n) is 18.8. The van der Waals surface area contributed by atoms with E-state index in [4.69, 9.17) is 4.42 Å². The lowest BCUT2D eigenvalue weighted by molar-refractivity contribution is -0.119. The number of sulfone groups is 1. The molecule has 1 fully saturated rings. The second-order valence-electron chi connectivity index (χ2n) is 8.92. The van der Waals surface area contributed by atoms with Crippen molar-refractivity contribution in [1.82, 2.24) is 4.98 Å². The van der Waals surface area contributed by atoms with E-state index in [1.54, 1.807) is 12.1 Å². The number of nitrogens with zero attached hydrogens (tertiary/aromatic N) is 2. The maximum atomic E-state index is 12.7. The summed E-state index contributed by atoms with van der Waals surface area (Å²) < 4.78 is 31.0. The predicted molar refractivity (Wildman–Crippen MR) is 127 cm³/mol. The number of nitrogens with one attached hydrogen (secondary N) is 1. The van der Waals surface area contributed by atoms with Crippen LogP contribution in [0.2, 0.25) is 0 Å². The first-order chi connectivity index (χ1) is 15.7. The van der Waals surface area contributed by atoms with Crippen LogP contribution in [0.4, 0.5) is 17.1 Å². The molecule has 2 aromatic heterocycles. The molecule has 2 aliphatic rings. The van der Waals surface area contributed by atoms with Crippen LogP contribution < -0.4 is 5.32 Å². The van der Waals surface area contributed by atoms with Crippen LogP contribution in [0.5, 0.6) is 0 Å². The van der Waals surface area contributed by atoms with Gasteiger partial charge in [-0.05, 0) is 63.1 Å². The topological polar surface area (TPSA) is 102 Å². The summed E-state index contributed by atoms with van der Waals surface area (Å²) in [6, 6.07) is 10.6. The summed E-state index contributed by atoms with van der Waals surface area (Å²) in [5, 5.41) is 3.27. The number of aromatic nitrogens is 1. The van der Waals surface area contributed by atoms with E-state index in [1.165, 1.54) is 6.26 Å². The van der Waals surface area contributed by atoms with Crippen LogP contribution in [0.1, 0.15) is 36.9 Å². The van der Waals surface area contributed by atoms with E-state index in [0.29, 0.717) is 40.5 Å². The normalized spacial score (nSPS) is 15.3. The Hall–Kier alpha value is -3.26. The number of hydrogen-bond donors (Lipinski definition) is 1. The Balaban J connectivity index is 1.55. The zero-order valence-corrected chi connectivity index (χ0v) is 19.6. The van der Waals surface area contributed by atoms with Crippen LogP contribution in [-0.2, 0) is 27.5 Å².